The second-order valence-electron chi connectivity index (χ2n) is 6.64. The van der Waals surface area contributed by atoms with Crippen LogP contribution in [0.3, 0.4) is 0 Å². The molecule has 0 spiro atoms. The van der Waals surface area contributed by atoms with E-state index in [1.54, 1.807) is 0 Å². The zero-order valence-electron chi connectivity index (χ0n) is 17.1. The number of β-lactam (4-membered cyclic amide) rings is 1. The standard InChI is InChI=1S/C15H19N5O10S2/c1-15(2,13(24)29-4)30-19-7(6-5-31-14(16)17-6)10(21)18-8-9(12(23)28-3)20(11(8)22)32(25,26)27/h5,8-9H,1-4H3,(H2,16,17)(H,18,21)(H,25,26,27). The van der Waals surface area contributed by atoms with Crippen molar-refractivity contribution in [3.05, 3.63) is 11.1 Å². The van der Waals surface area contributed by atoms with Gasteiger partial charge in [-0.25, -0.2) is 14.6 Å². The van der Waals surface area contributed by atoms with Gasteiger partial charge in [-0.3, -0.25) is 14.1 Å². The van der Waals surface area contributed by atoms with E-state index in [1.807, 2.05) is 0 Å². The van der Waals surface area contributed by atoms with Crippen LogP contribution >= 0.6 is 11.3 Å². The normalized spacial score (nSPS) is 19.1. The number of nitrogens with two attached hydrogens (primary N) is 1. The van der Waals surface area contributed by atoms with Crippen molar-refractivity contribution in [1.29, 1.82) is 0 Å². The van der Waals surface area contributed by atoms with Gasteiger partial charge in [0.05, 0.1) is 14.2 Å². The lowest BCUT2D eigenvalue weighted by Crippen LogP contribution is -2.74. The predicted octanol–water partition coefficient (Wildman–Crippen LogP) is -1.93. The highest BCUT2D eigenvalue weighted by Crippen LogP contribution is 2.25. The molecule has 0 radical (unpaired) electrons. The number of nitrogens with one attached hydrogen (secondary N) is 1. The van der Waals surface area contributed by atoms with Crippen LogP contribution in [0.2, 0.25) is 0 Å². The Labute approximate surface area is 185 Å². The van der Waals surface area contributed by atoms with Crippen molar-refractivity contribution >= 4 is 56.2 Å². The molecule has 1 saturated heterocycles. The number of hydrogen-bond donors (Lipinski definition) is 3. The van der Waals surface area contributed by atoms with Gasteiger partial charge in [-0.2, -0.15) is 12.7 Å². The minimum Gasteiger partial charge on any atom is -0.467 e. The summed E-state index contributed by atoms with van der Waals surface area (Å²) in [4.78, 5) is 57.7. The lowest BCUT2D eigenvalue weighted by atomic mass is 9.98. The third-order valence-corrected chi connectivity index (χ3v) is 5.63. The maximum Gasteiger partial charge on any atom is 0.363 e. The largest absolute Gasteiger partial charge is 0.467 e. The summed E-state index contributed by atoms with van der Waals surface area (Å²) >= 11 is 0.943. The van der Waals surface area contributed by atoms with Crippen molar-refractivity contribution in [2.45, 2.75) is 31.5 Å². The third-order valence-electron chi connectivity index (χ3n) is 4.05. The van der Waals surface area contributed by atoms with Crippen LogP contribution < -0.4 is 11.1 Å². The molecule has 15 nitrogen and oxygen atoms in total. The number of nitrogen functional groups attached to an aromatic ring is 1. The van der Waals surface area contributed by atoms with Gasteiger partial charge in [0, 0.05) is 5.38 Å². The Morgan fingerprint density at radius 1 is 1.31 bits per heavy atom. The fourth-order valence-corrected chi connectivity index (χ4v) is 3.85. The minimum absolute atomic E-state index is 0.0532. The molecule has 2 rings (SSSR count). The Bertz CT molecular complexity index is 1080. The van der Waals surface area contributed by atoms with Gasteiger partial charge in [0.15, 0.2) is 16.9 Å². The number of amides is 2. The van der Waals surface area contributed by atoms with Crippen molar-refractivity contribution in [2.75, 3.05) is 20.0 Å². The highest BCUT2D eigenvalue weighted by Gasteiger charge is 2.58. The monoisotopic (exact) mass is 493 g/mol. The van der Waals surface area contributed by atoms with E-state index in [1.165, 1.54) is 19.2 Å². The van der Waals surface area contributed by atoms with E-state index in [0.717, 1.165) is 25.6 Å². The van der Waals surface area contributed by atoms with Crippen LogP contribution in [0.15, 0.2) is 10.5 Å². The minimum atomic E-state index is -5.10. The van der Waals surface area contributed by atoms with Gasteiger partial charge in [-0.05, 0) is 13.8 Å². The molecule has 2 heterocycles. The van der Waals surface area contributed by atoms with E-state index >= 15 is 0 Å². The summed E-state index contributed by atoms with van der Waals surface area (Å²) < 4.78 is 40.8. The number of rotatable bonds is 8. The van der Waals surface area contributed by atoms with Gasteiger partial charge in [0.1, 0.15) is 11.7 Å². The lowest BCUT2D eigenvalue weighted by Gasteiger charge is -2.41. The molecule has 0 aliphatic carbocycles. The van der Waals surface area contributed by atoms with Crippen molar-refractivity contribution in [3.8, 4) is 0 Å². The third kappa shape index (κ3) is 4.94. The van der Waals surface area contributed by atoms with E-state index in [0.29, 0.717) is 0 Å². The first-order valence-corrected chi connectivity index (χ1v) is 10.8. The molecule has 17 heteroatoms. The molecule has 0 bridgehead atoms. The second kappa shape index (κ2) is 9.05. The van der Waals surface area contributed by atoms with Crippen molar-refractivity contribution in [2.24, 2.45) is 5.16 Å². The number of aromatic nitrogens is 1. The fourth-order valence-electron chi connectivity index (χ4n) is 2.47. The molecule has 0 saturated carbocycles. The van der Waals surface area contributed by atoms with Crippen LogP contribution in [0.25, 0.3) is 0 Å². The van der Waals surface area contributed by atoms with E-state index in [9.17, 15) is 27.6 Å². The van der Waals surface area contributed by atoms with Crippen LogP contribution in [0.5, 0.6) is 0 Å². The lowest BCUT2D eigenvalue weighted by molar-refractivity contribution is -0.165. The first kappa shape index (κ1) is 25.0. The number of nitrogens with zero attached hydrogens (tertiary/aromatic N) is 3. The molecule has 0 aromatic carbocycles. The van der Waals surface area contributed by atoms with E-state index < -0.39 is 57.5 Å². The Hall–Kier alpha value is -3.31. The smallest absolute Gasteiger partial charge is 0.363 e. The first-order chi connectivity index (χ1) is 14.7. The summed E-state index contributed by atoms with van der Waals surface area (Å²) in [5.41, 5.74) is 3.30. The molecule has 32 heavy (non-hydrogen) atoms. The quantitative estimate of drug-likeness (QED) is 0.119. The molecule has 2 unspecified atom stereocenters. The number of hydrogen-bond acceptors (Lipinski definition) is 13. The molecule has 1 aliphatic heterocycles. The van der Waals surface area contributed by atoms with Crippen LogP contribution in [0.1, 0.15) is 19.5 Å². The highest BCUT2D eigenvalue weighted by molar-refractivity contribution is 7.84. The molecule has 2 amide bonds. The van der Waals surface area contributed by atoms with Gasteiger partial charge in [0.2, 0.25) is 5.60 Å². The summed E-state index contributed by atoms with van der Waals surface area (Å²) in [6.07, 6.45) is 0. The molecule has 176 valence electrons. The van der Waals surface area contributed by atoms with Crippen molar-refractivity contribution < 1.29 is 46.5 Å². The van der Waals surface area contributed by atoms with Gasteiger partial charge in [-0.15, -0.1) is 11.3 Å². The van der Waals surface area contributed by atoms with Gasteiger partial charge < -0.3 is 25.4 Å². The summed E-state index contributed by atoms with van der Waals surface area (Å²) in [7, 11) is -3.07. The van der Waals surface area contributed by atoms with Crippen LogP contribution in [0, 0.1) is 0 Å². The number of anilines is 1. The highest BCUT2D eigenvalue weighted by atomic mass is 32.2. The number of ether oxygens (including phenoxy) is 2. The second-order valence-corrected chi connectivity index (χ2v) is 8.81. The molecular weight excluding hydrogens is 474 g/mol. The molecular formula is C15H19N5O10S2. The Balaban J connectivity index is 2.36. The SMILES string of the molecule is COC(=O)C1C(NC(=O)C(=NOC(C)(C)C(=O)OC)c2csc(N)n2)C(=O)N1S(=O)(=O)O. The zero-order valence-corrected chi connectivity index (χ0v) is 18.7. The number of esters is 2. The topological polar surface area (TPSA) is 217 Å². The molecule has 1 aromatic rings. The summed E-state index contributed by atoms with van der Waals surface area (Å²) in [6.45, 7) is 2.61. The van der Waals surface area contributed by atoms with Gasteiger partial charge in [-0.1, -0.05) is 5.16 Å². The van der Waals surface area contributed by atoms with Crippen LogP contribution in [-0.2, 0) is 43.8 Å². The zero-order chi connectivity index (χ0) is 24.4. The van der Waals surface area contributed by atoms with Crippen LogP contribution in [-0.4, -0.2) is 83.6 Å². The summed E-state index contributed by atoms with van der Waals surface area (Å²) in [5.74, 6) is -4.46. The van der Waals surface area contributed by atoms with E-state index in [-0.39, 0.29) is 15.1 Å². The maximum absolute atomic E-state index is 12.8. The Morgan fingerprint density at radius 2 is 1.94 bits per heavy atom. The average Bonchev–Trinajstić information content (AvgIpc) is 3.13. The predicted molar refractivity (Wildman–Crippen MR) is 106 cm³/mol. The van der Waals surface area contributed by atoms with Crippen LogP contribution in [0.4, 0.5) is 5.13 Å². The molecule has 4 N–H and O–H groups in total. The molecule has 1 aliphatic rings. The number of carbonyl (C=O) groups excluding carboxylic acids is 4. The molecule has 1 fully saturated rings. The molecule has 2 atom stereocenters. The number of methoxy groups -OCH3 is 2. The van der Waals surface area contributed by atoms with Gasteiger partial charge >= 0.3 is 22.2 Å². The van der Waals surface area contributed by atoms with Gasteiger partial charge in [0.25, 0.3) is 11.8 Å². The van der Waals surface area contributed by atoms with Crippen molar-refractivity contribution in [3.63, 3.8) is 0 Å². The number of thiazole rings is 1. The summed E-state index contributed by atoms with van der Waals surface area (Å²) in [6, 6.07) is -3.58. The first-order valence-electron chi connectivity index (χ1n) is 8.50. The van der Waals surface area contributed by atoms with E-state index in [2.05, 4.69) is 24.9 Å². The Kier molecular flexibility index (Phi) is 7.06. The maximum atomic E-state index is 12.8. The summed E-state index contributed by atoms with van der Waals surface area (Å²) in [5, 5.41) is 7.12. The Morgan fingerprint density at radius 3 is 2.41 bits per heavy atom. The van der Waals surface area contributed by atoms with Crippen molar-refractivity contribution in [1.82, 2.24) is 14.6 Å². The number of oxime groups is 1. The fraction of sp³-hybridized carbons (Fsp3) is 0.467. The average molecular weight is 493 g/mol. The molecule has 1 aromatic heterocycles. The van der Waals surface area contributed by atoms with E-state index in [4.69, 9.17) is 15.1 Å². The number of carbonyl (C=O) groups is 4.